The van der Waals surface area contributed by atoms with Gasteiger partial charge in [-0.3, -0.25) is 10.1 Å². The minimum atomic E-state index is -4.44. The molecule has 0 spiro atoms. The highest BCUT2D eigenvalue weighted by Crippen LogP contribution is 2.30. The number of aromatic amines is 1. The molecule has 3 rings (SSSR count). The Morgan fingerprint density at radius 1 is 0.840 bits per heavy atom. The number of nitrogens with zero attached hydrogens (tertiary/aromatic N) is 2. The van der Waals surface area contributed by atoms with Crippen molar-refractivity contribution in [2.45, 2.75) is 32.4 Å². The van der Waals surface area contributed by atoms with Crippen LogP contribution < -0.4 is 0 Å². The summed E-state index contributed by atoms with van der Waals surface area (Å²) in [6.45, 7) is 6.45. The lowest BCUT2D eigenvalue weighted by Gasteiger charge is -2.19. The summed E-state index contributed by atoms with van der Waals surface area (Å²) in [6.07, 6.45) is -2.80. The second kappa shape index (κ2) is 6.02. The molecule has 0 bridgehead atoms. The van der Waals surface area contributed by atoms with Crippen molar-refractivity contribution in [3.63, 3.8) is 0 Å². The lowest BCUT2D eigenvalue weighted by atomic mass is 9.86. The molecule has 2 aromatic heterocycles. The van der Waals surface area contributed by atoms with Crippen LogP contribution >= 0.6 is 0 Å². The van der Waals surface area contributed by atoms with E-state index in [1.165, 1.54) is 5.56 Å². The van der Waals surface area contributed by atoms with Crippen LogP contribution in [0, 0.1) is 0 Å². The maximum absolute atomic E-state index is 12.6. The van der Waals surface area contributed by atoms with Gasteiger partial charge in [-0.25, -0.2) is 0 Å². The summed E-state index contributed by atoms with van der Waals surface area (Å²) in [4.78, 5) is 4.24. The van der Waals surface area contributed by atoms with E-state index >= 15 is 0 Å². The number of hydrogen-bond donors (Lipinski definition) is 1. The number of H-pyrrole nitrogens is 1. The Balaban J connectivity index is 1.84. The molecule has 6 heteroatoms. The lowest BCUT2D eigenvalue weighted by molar-refractivity contribution is -0.141. The monoisotopic (exact) mass is 345 g/mol. The molecule has 0 atom stereocenters. The summed E-state index contributed by atoms with van der Waals surface area (Å²) in [5.41, 5.74) is 2.89. The molecule has 0 aliphatic heterocycles. The van der Waals surface area contributed by atoms with Gasteiger partial charge in [0.1, 0.15) is 11.4 Å². The van der Waals surface area contributed by atoms with Gasteiger partial charge in [0.05, 0.1) is 5.69 Å². The predicted molar refractivity (Wildman–Crippen MR) is 91.0 cm³/mol. The van der Waals surface area contributed by atoms with Crippen LogP contribution in [0.5, 0.6) is 0 Å². The third kappa shape index (κ3) is 3.73. The first kappa shape index (κ1) is 17.2. The van der Waals surface area contributed by atoms with Gasteiger partial charge in [-0.15, -0.1) is 0 Å². The molecule has 130 valence electrons. The molecule has 2 heterocycles. The standard InChI is InChI=1S/C19H18F3N3/c1-18(2,3)14-7-4-12(5-8-14)13-6-9-15(23-11-13)16-10-17(25-24-16)19(20,21)22/h4-11H,1-3H3,(H,24,25). The van der Waals surface area contributed by atoms with Gasteiger partial charge in [0.2, 0.25) is 0 Å². The first-order valence-electron chi connectivity index (χ1n) is 7.84. The van der Waals surface area contributed by atoms with E-state index in [1.54, 1.807) is 12.3 Å². The molecule has 1 aromatic carbocycles. The molecule has 0 saturated carbocycles. The van der Waals surface area contributed by atoms with Crippen LogP contribution in [0.25, 0.3) is 22.5 Å². The Morgan fingerprint density at radius 3 is 1.96 bits per heavy atom. The van der Waals surface area contributed by atoms with Crippen LogP contribution in [0.3, 0.4) is 0 Å². The van der Waals surface area contributed by atoms with Gasteiger partial charge in [0, 0.05) is 11.8 Å². The highest BCUT2D eigenvalue weighted by molar-refractivity contribution is 5.66. The Labute approximate surface area is 143 Å². The number of hydrogen-bond acceptors (Lipinski definition) is 2. The largest absolute Gasteiger partial charge is 0.432 e. The number of rotatable bonds is 2. The fourth-order valence-corrected chi connectivity index (χ4v) is 2.48. The Bertz CT molecular complexity index is 855. The van der Waals surface area contributed by atoms with Gasteiger partial charge >= 0.3 is 6.18 Å². The zero-order chi connectivity index (χ0) is 18.2. The molecule has 0 unspecified atom stereocenters. The highest BCUT2D eigenvalue weighted by atomic mass is 19.4. The van der Waals surface area contributed by atoms with Gasteiger partial charge in [-0.05, 0) is 28.7 Å². The number of benzene rings is 1. The summed E-state index contributed by atoms with van der Waals surface area (Å²) < 4.78 is 37.9. The third-order valence-electron chi connectivity index (χ3n) is 3.99. The molecule has 0 amide bonds. The van der Waals surface area contributed by atoms with Crippen molar-refractivity contribution in [2.24, 2.45) is 0 Å². The van der Waals surface area contributed by atoms with Crippen LogP contribution in [-0.4, -0.2) is 15.2 Å². The summed E-state index contributed by atoms with van der Waals surface area (Å²) >= 11 is 0. The SMILES string of the molecule is CC(C)(C)c1ccc(-c2ccc(-c3cc(C(F)(F)F)[nH]n3)nc2)cc1. The minimum Gasteiger partial charge on any atom is -0.273 e. The van der Waals surface area contributed by atoms with E-state index in [1.807, 2.05) is 23.3 Å². The van der Waals surface area contributed by atoms with Crippen molar-refractivity contribution >= 4 is 0 Å². The summed E-state index contributed by atoms with van der Waals surface area (Å²) in [5.74, 6) is 0. The molecule has 1 N–H and O–H groups in total. The van der Waals surface area contributed by atoms with E-state index in [4.69, 9.17) is 0 Å². The van der Waals surface area contributed by atoms with Crippen LogP contribution in [0.1, 0.15) is 32.0 Å². The van der Waals surface area contributed by atoms with Gasteiger partial charge in [0.15, 0.2) is 0 Å². The van der Waals surface area contributed by atoms with Gasteiger partial charge in [-0.1, -0.05) is 51.1 Å². The Kier molecular flexibility index (Phi) is 4.14. The topological polar surface area (TPSA) is 41.6 Å². The summed E-state index contributed by atoms with van der Waals surface area (Å²) in [7, 11) is 0. The van der Waals surface area contributed by atoms with Crippen molar-refractivity contribution < 1.29 is 13.2 Å². The van der Waals surface area contributed by atoms with Crippen molar-refractivity contribution in [3.8, 4) is 22.5 Å². The van der Waals surface area contributed by atoms with Gasteiger partial charge < -0.3 is 0 Å². The van der Waals surface area contributed by atoms with E-state index in [2.05, 4.69) is 43.0 Å². The van der Waals surface area contributed by atoms with Crippen molar-refractivity contribution in [2.75, 3.05) is 0 Å². The second-order valence-electron chi connectivity index (χ2n) is 6.92. The van der Waals surface area contributed by atoms with Crippen molar-refractivity contribution in [3.05, 3.63) is 59.9 Å². The number of halogens is 3. The molecular formula is C19H18F3N3. The van der Waals surface area contributed by atoms with Crippen molar-refractivity contribution in [1.82, 2.24) is 15.2 Å². The Morgan fingerprint density at radius 2 is 1.48 bits per heavy atom. The number of alkyl halides is 3. The van der Waals surface area contributed by atoms with Crippen LogP contribution in [0.2, 0.25) is 0 Å². The first-order chi connectivity index (χ1) is 11.6. The first-order valence-corrected chi connectivity index (χ1v) is 7.84. The molecule has 0 aliphatic carbocycles. The Hall–Kier alpha value is -2.63. The maximum Gasteiger partial charge on any atom is 0.432 e. The predicted octanol–water partition coefficient (Wildman–Crippen LogP) is 5.46. The third-order valence-corrected chi connectivity index (χ3v) is 3.99. The van der Waals surface area contributed by atoms with E-state index in [-0.39, 0.29) is 11.1 Å². The van der Waals surface area contributed by atoms with E-state index in [9.17, 15) is 13.2 Å². The highest BCUT2D eigenvalue weighted by Gasteiger charge is 2.33. The minimum absolute atomic E-state index is 0.0801. The zero-order valence-electron chi connectivity index (χ0n) is 14.1. The molecule has 0 saturated heterocycles. The van der Waals surface area contributed by atoms with E-state index < -0.39 is 11.9 Å². The molecule has 25 heavy (non-hydrogen) atoms. The molecule has 3 nitrogen and oxygen atoms in total. The normalized spacial score (nSPS) is 12.4. The van der Waals surface area contributed by atoms with Crippen LogP contribution in [-0.2, 0) is 11.6 Å². The smallest absolute Gasteiger partial charge is 0.273 e. The quantitative estimate of drug-likeness (QED) is 0.670. The average Bonchev–Trinajstić information content (AvgIpc) is 3.05. The molecule has 0 radical (unpaired) electrons. The molecule has 0 fully saturated rings. The molecular weight excluding hydrogens is 327 g/mol. The zero-order valence-corrected chi connectivity index (χ0v) is 14.1. The molecule has 3 aromatic rings. The summed E-state index contributed by atoms with van der Waals surface area (Å²) in [6, 6.07) is 12.7. The van der Waals surface area contributed by atoms with Gasteiger partial charge in [0.25, 0.3) is 0 Å². The van der Waals surface area contributed by atoms with Crippen molar-refractivity contribution in [1.29, 1.82) is 0 Å². The van der Waals surface area contributed by atoms with Crippen LogP contribution in [0.4, 0.5) is 13.2 Å². The lowest BCUT2D eigenvalue weighted by Crippen LogP contribution is -2.10. The van der Waals surface area contributed by atoms with Crippen LogP contribution in [0.15, 0.2) is 48.7 Å². The van der Waals surface area contributed by atoms with E-state index in [0.717, 1.165) is 17.2 Å². The van der Waals surface area contributed by atoms with E-state index in [0.29, 0.717) is 5.69 Å². The fourth-order valence-electron chi connectivity index (χ4n) is 2.48. The average molecular weight is 345 g/mol. The number of nitrogens with one attached hydrogen (secondary N) is 1. The maximum atomic E-state index is 12.6. The fraction of sp³-hybridized carbons (Fsp3) is 0.263. The molecule has 0 aliphatic rings. The summed E-state index contributed by atoms with van der Waals surface area (Å²) in [5, 5.41) is 5.68. The second-order valence-corrected chi connectivity index (χ2v) is 6.92. The number of aromatic nitrogens is 3. The van der Waals surface area contributed by atoms with Gasteiger partial charge in [-0.2, -0.15) is 18.3 Å². The number of pyridine rings is 1.